The summed E-state index contributed by atoms with van der Waals surface area (Å²) < 4.78 is 40.2. The van der Waals surface area contributed by atoms with E-state index in [0.717, 1.165) is 11.8 Å². The molecule has 170 valence electrons. The van der Waals surface area contributed by atoms with E-state index < -0.39 is 22.5 Å². The van der Waals surface area contributed by atoms with Gasteiger partial charge < -0.3 is 11.5 Å². The fourth-order valence-corrected chi connectivity index (χ4v) is 4.22. The molecule has 0 aliphatic rings. The van der Waals surface area contributed by atoms with Crippen LogP contribution in [0.2, 0.25) is 5.02 Å². The van der Waals surface area contributed by atoms with Crippen LogP contribution in [0.3, 0.4) is 0 Å². The maximum Gasteiger partial charge on any atom is 0.427 e. The van der Waals surface area contributed by atoms with Gasteiger partial charge in [0, 0.05) is 16.3 Å². The van der Waals surface area contributed by atoms with Gasteiger partial charge in [0.05, 0.1) is 30.1 Å². The molecular formula is C21H15ClF3N5O2S. The zero-order chi connectivity index (χ0) is 23.9. The first-order chi connectivity index (χ1) is 15.5. The van der Waals surface area contributed by atoms with Gasteiger partial charge in [-0.05, 0) is 29.8 Å². The first-order valence-corrected chi connectivity index (χ1v) is 10.6. The van der Waals surface area contributed by atoms with Crippen molar-refractivity contribution in [2.45, 2.75) is 19.1 Å². The molecular weight excluding hydrogens is 479 g/mol. The number of nitrogens with zero attached hydrogens (tertiary/aromatic N) is 3. The number of carbonyl (C=O) groups is 1. The van der Waals surface area contributed by atoms with Gasteiger partial charge in [-0.2, -0.15) is 13.2 Å². The molecule has 0 radical (unpaired) electrons. The molecule has 0 saturated heterocycles. The maximum absolute atomic E-state index is 13.3. The number of rotatable bonds is 5. The van der Waals surface area contributed by atoms with Crippen LogP contribution in [0.4, 0.5) is 18.9 Å². The van der Waals surface area contributed by atoms with E-state index in [1.54, 1.807) is 24.3 Å². The van der Waals surface area contributed by atoms with Crippen LogP contribution in [0.1, 0.15) is 16.3 Å². The van der Waals surface area contributed by atoms with E-state index in [-0.39, 0.29) is 46.0 Å². The van der Waals surface area contributed by atoms with Gasteiger partial charge in [-0.1, -0.05) is 23.7 Å². The molecule has 4 rings (SSSR count). The molecule has 4 N–H and O–H groups in total. The Hall–Kier alpha value is -3.44. The zero-order valence-electron chi connectivity index (χ0n) is 16.7. The van der Waals surface area contributed by atoms with Crippen molar-refractivity contribution in [3.05, 3.63) is 74.2 Å². The first-order valence-electron chi connectivity index (χ1n) is 9.42. The number of nitrogens with two attached hydrogens (primary N) is 2. The number of carbonyl (C=O) groups excluding carboxylic acids is 1. The second kappa shape index (κ2) is 8.49. The van der Waals surface area contributed by atoms with Gasteiger partial charge in [-0.15, -0.1) is 11.3 Å². The lowest BCUT2D eigenvalue weighted by Crippen LogP contribution is -2.29. The topological polar surface area (TPSA) is 117 Å². The van der Waals surface area contributed by atoms with Crippen molar-refractivity contribution < 1.29 is 18.0 Å². The highest BCUT2D eigenvalue weighted by Gasteiger charge is 2.33. The quantitative estimate of drug-likeness (QED) is 0.409. The lowest BCUT2D eigenvalue weighted by Gasteiger charge is -2.14. The summed E-state index contributed by atoms with van der Waals surface area (Å²) in [5.41, 5.74) is 12.1. The number of benzene rings is 2. The number of anilines is 1. The maximum atomic E-state index is 13.3. The van der Waals surface area contributed by atoms with E-state index in [2.05, 4.69) is 9.97 Å². The summed E-state index contributed by atoms with van der Waals surface area (Å²) in [6.45, 7) is 0.102. The van der Waals surface area contributed by atoms with E-state index in [1.165, 1.54) is 16.7 Å². The molecule has 12 heteroatoms. The number of amides is 1. The third-order valence-electron chi connectivity index (χ3n) is 4.81. The van der Waals surface area contributed by atoms with E-state index in [9.17, 15) is 22.8 Å². The number of nitrogen functional groups attached to an aromatic ring is 1. The summed E-state index contributed by atoms with van der Waals surface area (Å²) in [6, 6.07) is 9.52. The third-order valence-corrected chi connectivity index (χ3v) is 6.13. The molecule has 0 saturated carbocycles. The summed E-state index contributed by atoms with van der Waals surface area (Å²) in [6.07, 6.45) is -4.13. The molecule has 2 aromatic carbocycles. The van der Waals surface area contributed by atoms with E-state index in [0.29, 0.717) is 16.4 Å². The van der Waals surface area contributed by atoms with Crippen molar-refractivity contribution >= 4 is 45.4 Å². The summed E-state index contributed by atoms with van der Waals surface area (Å²) >= 11 is 6.34. The Morgan fingerprint density at radius 1 is 1.18 bits per heavy atom. The minimum atomic E-state index is -4.54. The molecule has 1 amide bonds. The SMILES string of the molecule is NC(=O)Cc1nc2cc(-c3ncc(C(F)(F)F)s3)c(N)cc2c(=O)n1Cc1ccc(Cl)cc1. The van der Waals surface area contributed by atoms with Crippen LogP contribution < -0.4 is 17.0 Å². The molecule has 2 aromatic heterocycles. The van der Waals surface area contributed by atoms with Crippen LogP contribution in [-0.4, -0.2) is 20.4 Å². The van der Waals surface area contributed by atoms with Crippen molar-refractivity contribution in [3.63, 3.8) is 0 Å². The van der Waals surface area contributed by atoms with Crippen LogP contribution >= 0.6 is 22.9 Å². The number of alkyl halides is 3. The molecule has 4 aromatic rings. The Morgan fingerprint density at radius 3 is 2.48 bits per heavy atom. The number of hydrogen-bond acceptors (Lipinski definition) is 6. The first kappa shape index (κ1) is 22.7. The highest BCUT2D eigenvalue weighted by molar-refractivity contribution is 7.15. The Bertz CT molecular complexity index is 1430. The summed E-state index contributed by atoms with van der Waals surface area (Å²) in [7, 11) is 0. The van der Waals surface area contributed by atoms with Crippen LogP contribution in [0.15, 0.2) is 47.4 Å². The molecule has 0 aliphatic carbocycles. The molecule has 0 atom stereocenters. The van der Waals surface area contributed by atoms with Crippen LogP contribution in [0.25, 0.3) is 21.5 Å². The van der Waals surface area contributed by atoms with Crippen molar-refractivity contribution in [1.82, 2.24) is 14.5 Å². The average molecular weight is 494 g/mol. The predicted octanol–water partition coefficient (Wildman–Crippen LogP) is 3.85. The van der Waals surface area contributed by atoms with Crippen molar-refractivity contribution in [2.24, 2.45) is 5.73 Å². The second-order valence-corrected chi connectivity index (χ2v) is 8.64. The normalized spacial score (nSPS) is 11.8. The second-order valence-electron chi connectivity index (χ2n) is 7.17. The molecule has 0 bridgehead atoms. The smallest absolute Gasteiger partial charge is 0.398 e. The largest absolute Gasteiger partial charge is 0.427 e. The number of primary amides is 1. The van der Waals surface area contributed by atoms with E-state index >= 15 is 0 Å². The van der Waals surface area contributed by atoms with Crippen LogP contribution in [0, 0.1) is 0 Å². The minimum absolute atomic E-state index is 0.0327. The number of thiazole rings is 1. The summed E-state index contributed by atoms with van der Waals surface area (Å²) in [4.78, 5) is 32.2. The molecule has 7 nitrogen and oxygen atoms in total. The highest BCUT2D eigenvalue weighted by atomic mass is 35.5. The Morgan fingerprint density at radius 2 is 1.88 bits per heavy atom. The van der Waals surface area contributed by atoms with Gasteiger partial charge in [0.15, 0.2) is 0 Å². The van der Waals surface area contributed by atoms with E-state index in [4.69, 9.17) is 23.1 Å². The fraction of sp³-hybridized carbons (Fsp3) is 0.143. The molecule has 0 fully saturated rings. The lowest BCUT2D eigenvalue weighted by atomic mass is 10.1. The monoisotopic (exact) mass is 493 g/mol. The zero-order valence-corrected chi connectivity index (χ0v) is 18.3. The predicted molar refractivity (Wildman–Crippen MR) is 120 cm³/mol. The summed E-state index contributed by atoms with van der Waals surface area (Å²) in [5, 5.41) is 0.701. The van der Waals surface area contributed by atoms with E-state index in [1.807, 2.05) is 0 Å². The number of fused-ring (bicyclic) bond motifs is 1. The highest BCUT2D eigenvalue weighted by Crippen LogP contribution is 2.38. The average Bonchev–Trinajstić information content (AvgIpc) is 3.23. The third kappa shape index (κ3) is 4.69. The van der Waals surface area contributed by atoms with Gasteiger partial charge in [0.25, 0.3) is 5.56 Å². The van der Waals surface area contributed by atoms with Crippen LogP contribution in [0.5, 0.6) is 0 Å². The van der Waals surface area contributed by atoms with Gasteiger partial charge in [0.1, 0.15) is 15.7 Å². The van der Waals surface area contributed by atoms with Gasteiger partial charge >= 0.3 is 6.18 Å². The van der Waals surface area contributed by atoms with Crippen molar-refractivity contribution in [3.8, 4) is 10.6 Å². The molecule has 33 heavy (non-hydrogen) atoms. The standard InChI is InChI=1S/C21H15ClF3N5O2S/c22-11-3-1-10(2-4-11)9-30-18(7-17(27)31)29-15-6-12(14(26)5-13(15)20(30)32)19-28-8-16(33-19)21(23,24)25/h1-6,8H,7,9,26H2,(H2,27,31). The Labute approximate surface area is 193 Å². The van der Waals surface area contributed by atoms with Crippen molar-refractivity contribution in [2.75, 3.05) is 5.73 Å². The van der Waals surface area contributed by atoms with Gasteiger partial charge in [0.2, 0.25) is 5.91 Å². The molecule has 2 heterocycles. The number of hydrogen-bond donors (Lipinski definition) is 2. The molecule has 0 spiro atoms. The summed E-state index contributed by atoms with van der Waals surface area (Å²) in [5.74, 6) is -0.586. The van der Waals surface area contributed by atoms with Gasteiger partial charge in [-0.3, -0.25) is 14.2 Å². The Kier molecular flexibility index (Phi) is 5.85. The molecule has 0 aliphatic heterocycles. The minimum Gasteiger partial charge on any atom is -0.398 e. The number of halogens is 4. The Balaban J connectivity index is 1.87. The van der Waals surface area contributed by atoms with Gasteiger partial charge in [-0.25, -0.2) is 9.97 Å². The number of aromatic nitrogens is 3. The van der Waals surface area contributed by atoms with Crippen molar-refractivity contribution in [1.29, 1.82) is 0 Å². The van der Waals surface area contributed by atoms with Crippen LogP contribution in [-0.2, 0) is 23.9 Å². The fourth-order valence-electron chi connectivity index (χ4n) is 3.27. The lowest BCUT2D eigenvalue weighted by molar-refractivity contribution is -0.134. The molecule has 0 unspecified atom stereocenters.